The molecule has 0 saturated carbocycles. The molecule has 0 bridgehead atoms. The molecule has 0 aromatic heterocycles. The normalized spacial score (nSPS) is 11.9. The summed E-state index contributed by atoms with van der Waals surface area (Å²) in [6.45, 7) is 0.176. The molecule has 0 fully saturated rings. The summed E-state index contributed by atoms with van der Waals surface area (Å²) < 4.78 is 27.2. The van der Waals surface area contributed by atoms with Gasteiger partial charge in [0.25, 0.3) is 10.0 Å². The number of nitrogens with zero attached hydrogens (tertiary/aromatic N) is 1. The largest absolute Gasteiger partial charge is 0.508 e. The number of nitrogens with one attached hydrogen (secondary N) is 1. The fourth-order valence-electron chi connectivity index (χ4n) is 3.46. The molecule has 6 nitrogen and oxygen atoms in total. The highest BCUT2D eigenvalue weighted by molar-refractivity contribution is 7.90. The lowest BCUT2D eigenvalue weighted by Crippen LogP contribution is -2.36. The molecule has 0 aliphatic heterocycles. The Morgan fingerprint density at radius 3 is 2.15 bits per heavy atom. The number of aromatic hydroxyl groups is 1. The van der Waals surface area contributed by atoms with E-state index >= 15 is 0 Å². The monoisotopic (exact) mass is 491 g/mol. The molecular weight excluding hydrogens is 470 g/mol. The number of aliphatic imine (C=N–C) groups is 1. The molecule has 0 aliphatic rings. The second-order valence-electron chi connectivity index (χ2n) is 7.55. The third-order valence-electron chi connectivity index (χ3n) is 5.14. The van der Waals surface area contributed by atoms with E-state index in [1.54, 1.807) is 30.3 Å². The maximum atomic E-state index is 12.4. The number of guanidine groups is 1. The Balaban J connectivity index is 1.63. The smallest absolute Gasteiger partial charge is 0.264 e. The molecule has 0 atom stereocenters. The highest BCUT2D eigenvalue weighted by Crippen LogP contribution is 2.34. The van der Waals surface area contributed by atoms with Crippen molar-refractivity contribution < 1.29 is 13.5 Å². The Kier molecular flexibility index (Phi) is 6.86. The third kappa shape index (κ3) is 5.57. The third-order valence-corrected chi connectivity index (χ3v) is 6.76. The first-order chi connectivity index (χ1) is 16.3. The van der Waals surface area contributed by atoms with E-state index in [0.29, 0.717) is 5.02 Å². The second-order valence-corrected chi connectivity index (χ2v) is 9.67. The Morgan fingerprint density at radius 2 is 1.47 bits per heavy atom. The Labute approximate surface area is 203 Å². The first-order valence-electron chi connectivity index (χ1n) is 10.4. The van der Waals surface area contributed by atoms with Crippen LogP contribution in [0.3, 0.4) is 0 Å². The summed E-state index contributed by atoms with van der Waals surface area (Å²) in [7, 11) is -3.81. The van der Waals surface area contributed by atoms with E-state index in [1.807, 2.05) is 54.6 Å². The lowest BCUT2D eigenvalue weighted by atomic mass is 9.93. The maximum Gasteiger partial charge on any atom is 0.264 e. The van der Waals surface area contributed by atoms with Crippen LogP contribution in [0.15, 0.2) is 107 Å². The van der Waals surface area contributed by atoms with Crippen LogP contribution in [0.2, 0.25) is 5.02 Å². The summed E-state index contributed by atoms with van der Waals surface area (Å²) >= 11 is 6.05. The Morgan fingerprint density at radius 1 is 0.853 bits per heavy atom. The van der Waals surface area contributed by atoms with E-state index in [1.165, 1.54) is 12.1 Å². The average Bonchev–Trinajstić information content (AvgIpc) is 2.84. The van der Waals surface area contributed by atoms with E-state index in [4.69, 9.17) is 17.3 Å². The van der Waals surface area contributed by atoms with Crippen molar-refractivity contribution >= 4 is 27.6 Å². The van der Waals surface area contributed by atoms with Gasteiger partial charge in [0.2, 0.25) is 5.96 Å². The van der Waals surface area contributed by atoms with Gasteiger partial charge in [0.05, 0.1) is 11.4 Å². The first kappa shape index (κ1) is 23.4. The minimum Gasteiger partial charge on any atom is -0.508 e. The van der Waals surface area contributed by atoms with Crippen molar-refractivity contribution in [3.63, 3.8) is 0 Å². The maximum absolute atomic E-state index is 12.4. The minimum absolute atomic E-state index is 0.107. The minimum atomic E-state index is -3.81. The number of halogens is 1. The Hall–Kier alpha value is -3.81. The summed E-state index contributed by atoms with van der Waals surface area (Å²) in [4.78, 5) is 4.32. The van der Waals surface area contributed by atoms with E-state index in [2.05, 4.69) is 9.71 Å². The van der Waals surface area contributed by atoms with Crippen molar-refractivity contribution in [2.75, 3.05) is 0 Å². The van der Waals surface area contributed by atoms with Gasteiger partial charge in [-0.15, -0.1) is 0 Å². The number of phenols is 1. The molecule has 0 spiro atoms. The van der Waals surface area contributed by atoms with Gasteiger partial charge in [-0.2, -0.15) is 0 Å². The second kappa shape index (κ2) is 9.99. The first-order valence-corrected chi connectivity index (χ1v) is 12.2. The predicted octanol–water partition coefficient (Wildman–Crippen LogP) is 5.17. The summed E-state index contributed by atoms with van der Waals surface area (Å²) in [6, 6.07) is 28.3. The van der Waals surface area contributed by atoms with Crippen molar-refractivity contribution in [1.82, 2.24) is 4.72 Å². The molecule has 8 heteroatoms. The molecule has 0 heterocycles. The van der Waals surface area contributed by atoms with Gasteiger partial charge in [0, 0.05) is 5.02 Å². The van der Waals surface area contributed by atoms with Crippen molar-refractivity contribution in [1.29, 1.82) is 0 Å². The van der Waals surface area contributed by atoms with Gasteiger partial charge in [-0.1, -0.05) is 66.2 Å². The average molecular weight is 492 g/mol. The van der Waals surface area contributed by atoms with Crippen molar-refractivity contribution in [3.8, 4) is 28.0 Å². The summed E-state index contributed by atoms with van der Waals surface area (Å²) in [6.07, 6.45) is 0. The fourth-order valence-corrected chi connectivity index (χ4v) is 4.55. The number of nitrogens with two attached hydrogens (primary N) is 1. The fraction of sp³-hybridized carbons (Fsp3) is 0.0385. The van der Waals surface area contributed by atoms with Gasteiger partial charge < -0.3 is 10.8 Å². The molecule has 0 amide bonds. The lowest BCUT2D eigenvalue weighted by molar-refractivity contribution is 0.475. The van der Waals surface area contributed by atoms with Crippen molar-refractivity contribution in [2.24, 2.45) is 10.7 Å². The van der Waals surface area contributed by atoms with E-state index in [-0.39, 0.29) is 23.1 Å². The zero-order valence-corrected chi connectivity index (χ0v) is 19.6. The number of benzene rings is 4. The van der Waals surface area contributed by atoms with Gasteiger partial charge >= 0.3 is 0 Å². The molecular formula is C26H22ClN3O3S. The van der Waals surface area contributed by atoms with Gasteiger partial charge in [-0.25, -0.2) is 18.1 Å². The number of hydrogen-bond donors (Lipinski definition) is 3. The SMILES string of the molecule is NC(=NCc1ccc(-c2ccc(Cl)cc2)c(-c2ccc(O)cc2)c1)NS(=O)(=O)c1ccccc1. The van der Waals surface area contributed by atoms with Crippen LogP contribution >= 0.6 is 11.6 Å². The standard InChI is InChI=1S/C26H22ClN3O3S/c27-21-11-7-19(8-12-21)24-15-6-18(16-25(24)20-9-13-22(31)14-10-20)17-29-26(28)30-34(32,33)23-4-2-1-3-5-23/h1-16,31H,17H2,(H3,28,29,30). The molecule has 4 aromatic carbocycles. The number of phenolic OH excluding ortho intramolecular Hbond substituents is 1. The van der Waals surface area contributed by atoms with E-state index in [9.17, 15) is 13.5 Å². The molecule has 4 N–H and O–H groups in total. The van der Waals surface area contributed by atoms with Crippen LogP contribution < -0.4 is 10.5 Å². The topological polar surface area (TPSA) is 105 Å². The van der Waals surface area contributed by atoms with Gasteiger partial charge in [0.15, 0.2) is 0 Å². The van der Waals surface area contributed by atoms with Crippen LogP contribution in [-0.4, -0.2) is 19.5 Å². The van der Waals surface area contributed by atoms with Crippen LogP contribution in [0.25, 0.3) is 22.3 Å². The highest BCUT2D eigenvalue weighted by atomic mass is 35.5. The molecule has 4 aromatic rings. The summed E-state index contributed by atoms with van der Waals surface area (Å²) in [5.41, 5.74) is 10.5. The van der Waals surface area contributed by atoms with Crippen LogP contribution in [0.5, 0.6) is 5.75 Å². The molecule has 172 valence electrons. The van der Waals surface area contributed by atoms with Crippen LogP contribution in [-0.2, 0) is 16.6 Å². The molecule has 0 unspecified atom stereocenters. The zero-order valence-electron chi connectivity index (χ0n) is 18.0. The van der Waals surface area contributed by atoms with E-state index in [0.717, 1.165) is 27.8 Å². The molecule has 0 radical (unpaired) electrons. The molecule has 0 saturated heterocycles. The zero-order chi connectivity index (χ0) is 24.1. The van der Waals surface area contributed by atoms with Crippen LogP contribution in [0, 0.1) is 0 Å². The van der Waals surface area contributed by atoms with Crippen molar-refractivity contribution in [3.05, 3.63) is 108 Å². The molecule has 34 heavy (non-hydrogen) atoms. The number of sulfonamides is 1. The number of hydrogen-bond acceptors (Lipinski definition) is 4. The quantitative estimate of drug-likeness (QED) is 0.255. The Bertz CT molecular complexity index is 1420. The van der Waals surface area contributed by atoms with Gasteiger partial charge in [0.1, 0.15) is 5.75 Å². The lowest BCUT2D eigenvalue weighted by Gasteiger charge is -2.13. The van der Waals surface area contributed by atoms with E-state index < -0.39 is 10.0 Å². The molecule has 0 aliphatic carbocycles. The molecule has 4 rings (SSSR count). The summed E-state index contributed by atoms with van der Waals surface area (Å²) in [5.74, 6) is -0.0205. The van der Waals surface area contributed by atoms with Crippen molar-refractivity contribution in [2.45, 2.75) is 11.4 Å². The summed E-state index contributed by atoms with van der Waals surface area (Å²) in [5, 5.41) is 10.3. The van der Waals surface area contributed by atoms with Gasteiger partial charge in [-0.3, -0.25) is 0 Å². The van der Waals surface area contributed by atoms with Crippen LogP contribution in [0.4, 0.5) is 0 Å². The predicted molar refractivity (Wildman–Crippen MR) is 136 cm³/mol. The highest BCUT2D eigenvalue weighted by Gasteiger charge is 2.14. The van der Waals surface area contributed by atoms with Crippen LogP contribution in [0.1, 0.15) is 5.56 Å². The number of rotatable bonds is 6. The van der Waals surface area contributed by atoms with Gasteiger partial charge in [-0.05, 0) is 70.3 Å².